The number of amides is 2. The van der Waals surface area contributed by atoms with E-state index in [1.165, 1.54) is 5.06 Å². The average Bonchev–Trinajstić information content (AvgIpc) is 3.17. The van der Waals surface area contributed by atoms with Crippen molar-refractivity contribution in [3.05, 3.63) is 48.0 Å². The minimum atomic E-state index is -0.578. The van der Waals surface area contributed by atoms with Gasteiger partial charge in [-0.25, -0.2) is 9.59 Å². The lowest BCUT2D eigenvalue weighted by atomic mass is 9.72. The average molecular weight is 400 g/mol. The van der Waals surface area contributed by atoms with E-state index in [4.69, 9.17) is 14.3 Å². The topological polar surface area (TPSA) is 68.3 Å². The maximum atomic E-state index is 12.5. The maximum absolute atomic E-state index is 12.5. The fourth-order valence-corrected chi connectivity index (χ4v) is 4.36. The van der Waals surface area contributed by atoms with Crippen LogP contribution in [0, 0.1) is 5.41 Å². The highest BCUT2D eigenvalue weighted by Crippen LogP contribution is 2.52. The fraction of sp³-hybridized carbons (Fsp3) is 0.545. The van der Waals surface area contributed by atoms with E-state index in [0.29, 0.717) is 13.1 Å². The van der Waals surface area contributed by atoms with Crippen molar-refractivity contribution in [2.75, 3.05) is 13.1 Å². The van der Waals surface area contributed by atoms with E-state index in [9.17, 15) is 9.59 Å². The quantitative estimate of drug-likeness (QED) is 0.705. The summed E-state index contributed by atoms with van der Waals surface area (Å²) in [5.41, 5.74) is 0.187. The third kappa shape index (κ3) is 3.83. The van der Waals surface area contributed by atoms with Crippen LogP contribution in [0.2, 0.25) is 0 Å². The molecule has 29 heavy (non-hydrogen) atoms. The van der Waals surface area contributed by atoms with Gasteiger partial charge in [-0.2, -0.15) is 5.06 Å². The molecule has 2 heterocycles. The van der Waals surface area contributed by atoms with Crippen molar-refractivity contribution in [3.63, 3.8) is 0 Å². The Morgan fingerprint density at radius 3 is 2.45 bits per heavy atom. The predicted octanol–water partition coefficient (Wildman–Crippen LogP) is 3.89. The number of hydrogen-bond donors (Lipinski definition) is 0. The molecule has 1 aromatic carbocycles. The van der Waals surface area contributed by atoms with Crippen LogP contribution in [0.25, 0.3) is 0 Å². The molecular weight excluding hydrogens is 372 g/mol. The van der Waals surface area contributed by atoms with Crippen molar-refractivity contribution in [2.45, 2.75) is 58.0 Å². The van der Waals surface area contributed by atoms with Crippen LogP contribution in [-0.2, 0) is 20.9 Å². The summed E-state index contributed by atoms with van der Waals surface area (Å²) in [5, 5.41) is 1.37. The van der Waals surface area contributed by atoms with Gasteiger partial charge in [0, 0.05) is 18.5 Å². The van der Waals surface area contributed by atoms with E-state index in [1.54, 1.807) is 4.90 Å². The number of nitrogens with zero attached hydrogens (tertiary/aromatic N) is 2. The van der Waals surface area contributed by atoms with Crippen LogP contribution in [0.4, 0.5) is 9.59 Å². The Bertz CT molecular complexity index is 793. The van der Waals surface area contributed by atoms with Gasteiger partial charge < -0.3 is 14.4 Å². The monoisotopic (exact) mass is 400 g/mol. The van der Waals surface area contributed by atoms with Crippen LogP contribution in [0.1, 0.15) is 39.2 Å². The Kier molecular flexibility index (Phi) is 5.02. The minimum Gasteiger partial charge on any atom is -0.445 e. The number of ether oxygens (including phenoxy) is 2. The number of likely N-dealkylation sites (tertiary alicyclic amines) is 1. The summed E-state index contributed by atoms with van der Waals surface area (Å²) in [5.74, 6) is 0. The van der Waals surface area contributed by atoms with Crippen molar-refractivity contribution >= 4 is 12.2 Å². The first-order valence-corrected chi connectivity index (χ1v) is 10.1. The van der Waals surface area contributed by atoms with Crippen LogP contribution in [-0.4, -0.2) is 53.0 Å². The Labute approximate surface area is 171 Å². The molecule has 0 N–H and O–H groups in total. The van der Waals surface area contributed by atoms with Crippen molar-refractivity contribution in [3.8, 4) is 0 Å². The molecule has 3 aliphatic rings. The van der Waals surface area contributed by atoms with Crippen LogP contribution in [0.15, 0.2) is 42.5 Å². The molecule has 7 nitrogen and oxygen atoms in total. The first kappa shape index (κ1) is 19.8. The van der Waals surface area contributed by atoms with E-state index >= 15 is 0 Å². The van der Waals surface area contributed by atoms with Crippen LogP contribution < -0.4 is 0 Å². The van der Waals surface area contributed by atoms with E-state index in [-0.39, 0.29) is 30.3 Å². The number of rotatable bonds is 2. The fourth-order valence-electron chi connectivity index (χ4n) is 4.36. The molecule has 2 fully saturated rings. The van der Waals surface area contributed by atoms with Gasteiger partial charge in [-0.1, -0.05) is 42.5 Å². The molecule has 0 aromatic heterocycles. The van der Waals surface area contributed by atoms with Crippen LogP contribution in [0.5, 0.6) is 0 Å². The summed E-state index contributed by atoms with van der Waals surface area (Å²) in [6.45, 7) is 6.93. The number of piperidine rings is 1. The lowest BCUT2D eigenvalue weighted by molar-refractivity contribution is -0.140. The number of hydroxylamine groups is 2. The molecule has 1 aromatic rings. The van der Waals surface area contributed by atoms with Gasteiger partial charge >= 0.3 is 12.2 Å². The van der Waals surface area contributed by atoms with E-state index in [2.05, 4.69) is 0 Å². The summed E-state index contributed by atoms with van der Waals surface area (Å²) < 4.78 is 10.9. The molecule has 1 spiro atoms. The molecule has 0 radical (unpaired) electrons. The minimum absolute atomic E-state index is 0.162. The maximum Gasteiger partial charge on any atom is 0.435 e. The smallest absolute Gasteiger partial charge is 0.435 e. The summed E-state index contributed by atoms with van der Waals surface area (Å²) in [6, 6.07) is 9.48. The Balaban J connectivity index is 1.34. The number of carbonyl (C=O) groups excluding carboxylic acids is 2. The molecular formula is C22H28N2O5. The van der Waals surface area contributed by atoms with Crippen LogP contribution >= 0.6 is 0 Å². The normalized spacial score (nSPS) is 24.8. The van der Waals surface area contributed by atoms with E-state index in [0.717, 1.165) is 18.4 Å². The van der Waals surface area contributed by atoms with Gasteiger partial charge in [-0.15, -0.1) is 0 Å². The molecule has 4 rings (SSSR count). The lowest BCUT2D eigenvalue weighted by Gasteiger charge is -2.40. The summed E-state index contributed by atoms with van der Waals surface area (Å²) in [6.07, 6.45) is 4.62. The Morgan fingerprint density at radius 1 is 1.10 bits per heavy atom. The van der Waals surface area contributed by atoms with Crippen LogP contribution in [0.3, 0.4) is 0 Å². The Hall–Kier alpha value is -2.54. The van der Waals surface area contributed by atoms with Crippen molar-refractivity contribution in [1.82, 2.24) is 9.96 Å². The molecule has 2 atom stereocenters. The third-order valence-corrected chi connectivity index (χ3v) is 5.83. The molecule has 2 aliphatic heterocycles. The largest absolute Gasteiger partial charge is 0.445 e. The molecule has 2 saturated heterocycles. The SMILES string of the molecule is CC(C)(C)OC(=O)N1O[C@@H]2C=C[C@H]1C21CCN(C(=O)OCc2ccccc2)CC1. The standard InChI is InChI=1S/C22H28N2O5/c1-21(2,3)28-20(26)24-17-9-10-18(29-24)22(17)11-13-23(14-12-22)19(25)27-15-16-7-5-4-6-8-16/h4-10,17-18H,11-15H2,1-3H3/t17-,18+/m0/s1. The zero-order valence-electron chi connectivity index (χ0n) is 17.2. The van der Waals surface area contributed by atoms with Gasteiger partial charge in [-0.05, 0) is 39.2 Å². The second kappa shape index (κ2) is 7.37. The molecule has 0 unspecified atom stereocenters. The Morgan fingerprint density at radius 2 is 1.79 bits per heavy atom. The van der Waals surface area contributed by atoms with Gasteiger partial charge in [0.05, 0.1) is 6.04 Å². The second-order valence-corrected chi connectivity index (χ2v) is 8.92. The van der Waals surface area contributed by atoms with Gasteiger partial charge in [0.25, 0.3) is 0 Å². The molecule has 156 valence electrons. The molecule has 7 heteroatoms. The highest BCUT2D eigenvalue weighted by molar-refractivity contribution is 5.69. The number of benzene rings is 1. The van der Waals surface area contributed by atoms with E-state index in [1.807, 2.05) is 63.3 Å². The lowest BCUT2D eigenvalue weighted by Crippen LogP contribution is -2.50. The van der Waals surface area contributed by atoms with Crippen molar-refractivity contribution < 1.29 is 23.9 Å². The van der Waals surface area contributed by atoms with Gasteiger partial charge in [0.15, 0.2) is 0 Å². The zero-order chi connectivity index (χ0) is 20.6. The molecule has 1 aliphatic carbocycles. The number of hydrogen-bond acceptors (Lipinski definition) is 5. The first-order valence-electron chi connectivity index (χ1n) is 10.1. The highest BCUT2D eigenvalue weighted by Gasteiger charge is 2.60. The molecule has 2 bridgehead atoms. The van der Waals surface area contributed by atoms with E-state index < -0.39 is 11.7 Å². The highest BCUT2D eigenvalue weighted by atomic mass is 16.7. The van der Waals surface area contributed by atoms with Crippen molar-refractivity contribution in [1.29, 1.82) is 0 Å². The van der Waals surface area contributed by atoms with Gasteiger partial charge in [-0.3, -0.25) is 4.84 Å². The van der Waals surface area contributed by atoms with Gasteiger partial charge in [0.2, 0.25) is 0 Å². The number of carbonyl (C=O) groups is 2. The summed E-state index contributed by atoms with van der Waals surface area (Å²) in [7, 11) is 0. The predicted molar refractivity (Wildman–Crippen MR) is 106 cm³/mol. The van der Waals surface area contributed by atoms with Gasteiger partial charge in [0.1, 0.15) is 18.3 Å². The summed E-state index contributed by atoms with van der Waals surface area (Å²) >= 11 is 0. The summed E-state index contributed by atoms with van der Waals surface area (Å²) in [4.78, 5) is 32.6. The second-order valence-electron chi connectivity index (χ2n) is 8.92. The third-order valence-electron chi connectivity index (χ3n) is 5.83. The first-order chi connectivity index (χ1) is 13.8. The van der Waals surface area contributed by atoms with Crippen molar-refractivity contribution in [2.24, 2.45) is 5.41 Å². The molecule has 2 amide bonds. The molecule has 0 saturated carbocycles. The zero-order valence-corrected chi connectivity index (χ0v) is 17.2.